The lowest BCUT2D eigenvalue weighted by Gasteiger charge is -2.52. The van der Waals surface area contributed by atoms with Crippen LogP contribution in [-0.2, 0) is 22.4 Å². The zero-order chi connectivity index (χ0) is 25.9. The molecule has 9 nitrogen and oxygen atoms in total. The van der Waals surface area contributed by atoms with E-state index in [-0.39, 0.29) is 18.7 Å². The summed E-state index contributed by atoms with van der Waals surface area (Å²) in [5.74, 6) is -1.14. The molecular weight excluding hydrogens is 460 g/mol. The number of hydrogen-bond donors (Lipinski definition) is 1. The second kappa shape index (κ2) is 10.5. The number of amides is 4. The fourth-order valence-electron chi connectivity index (χ4n) is 5.48. The van der Waals surface area contributed by atoms with Crippen LogP contribution in [0.25, 0.3) is 0 Å². The topological polar surface area (TPSA) is 113 Å². The Bertz CT molecular complexity index is 1170. The Hall–Kier alpha value is -3.75. The van der Waals surface area contributed by atoms with Gasteiger partial charge in [0.1, 0.15) is 0 Å². The van der Waals surface area contributed by atoms with Gasteiger partial charge in [-0.3, -0.25) is 29.9 Å². The van der Waals surface area contributed by atoms with Crippen LogP contribution >= 0.6 is 0 Å². The maximum Gasteiger partial charge on any atom is 0.330 e. The number of urea groups is 1. The number of nitrogens with one attached hydrogen (secondary N) is 1. The molecule has 36 heavy (non-hydrogen) atoms. The number of nitro groups is 1. The maximum atomic E-state index is 14.2. The number of rotatable bonds is 9. The van der Waals surface area contributed by atoms with Gasteiger partial charge in [-0.25, -0.2) is 4.79 Å². The lowest BCUT2D eigenvalue weighted by atomic mass is 9.67. The van der Waals surface area contributed by atoms with Gasteiger partial charge >= 0.3 is 6.03 Å². The van der Waals surface area contributed by atoms with Crippen molar-refractivity contribution >= 4 is 29.2 Å². The number of fused-ring (bicyclic) bond motifs is 1. The van der Waals surface area contributed by atoms with Crippen LogP contribution in [0.5, 0.6) is 0 Å². The van der Waals surface area contributed by atoms with Gasteiger partial charge in [-0.2, -0.15) is 0 Å². The highest BCUT2D eigenvalue weighted by atomic mass is 16.6. The summed E-state index contributed by atoms with van der Waals surface area (Å²) in [5, 5.41) is 14.0. The van der Waals surface area contributed by atoms with Gasteiger partial charge < -0.3 is 4.90 Å². The van der Waals surface area contributed by atoms with Gasteiger partial charge in [-0.15, -0.1) is 0 Å². The minimum atomic E-state index is -1.55. The fraction of sp³-hybridized carbons (Fsp3) is 0.444. The molecule has 9 heteroatoms. The Morgan fingerprint density at radius 3 is 2.47 bits per heavy atom. The number of imide groups is 2. The van der Waals surface area contributed by atoms with Crippen molar-refractivity contribution in [1.82, 2.24) is 10.2 Å². The van der Waals surface area contributed by atoms with Crippen LogP contribution in [-0.4, -0.2) is 46.8 Å². The van der Waals surface area contributed by atoms with E-state index in [0.717, 1.165) is 35.4 Å². The number of benzene rings is 2. The highest BCUT2D eigenvalue weighted by Crippen LogP contribution is 2.47. The standard InChI is InChI=1S/C27H32N4O5/c1-3-5-15-29-22-13-12-21(31(35)36)17-20(22)18-27(23(29)9-4-2)24(32)28-26(34)30(25(27)33)16-14-19-10-7-6-8-11-19/h6-8,10-13,17,23H,3-5,9,14-16,18H2,1-2H3,(H,28,32,34)/t23-,27-/m1/s1. The number of carbonyl (C=O) groups is 3. The average molecular weight is 493 g/mol. The van der Waals surface area contributed by atoms with Gasteiger partial charge in [0.05, 0.1) is 11.0 Å². The molecule has 1 fully saturated rings. The van der Waals surface area contributed by atoms with Crippen LogP contribution in [0, 0.1) is 15.5 Å². The number of nitrogens with zero attached hydrogens (tertiary/aromatic N) is 3. The number of barbiturate groups is 1. The van der Waals surface area contributed by atoms with Gasteiger partial charge in [0, 0.05) is 37.3 Å². The van der Waals surface area contributed by atoms with Crippen molar-refractivity contribution in [1.29, 1.82) is 0 Å². The van der Waals surface area contributed by atoms with Gasteiger partial charge in [0.15, 0.2) is 5.41 Å². The summed E-state index contributed by atoms with van der Waals surface area (Å²) in [6.45, 7) is 4.81. The highest BCUT2D eigenvalue weighted by Gasteiger charge is 2.61. The monoisotopic (exact) mass is 492 g/mol. The number of carbonyl (C=O) groups excluding carboxylic acids is 3. The molecule has 2 heterocycles. The number of nitro benzene ring substituents is 1. The molecule has 1 saturated heterocycles. The first kappa shape index (κ1) is 25.3. The highest BCUT2D eigenvalue weighted by molar-refractivity contribution is 6.20. The van der Waals surface area contributed by atoms with E-state index in [2.05, 4.69) is 17.1 Å². The molecular formula is C27H32N4O5. The summed E-state index contributed by atoms with van der Waals surface area (Å²) in [4.78, 5) is 54.9. The third kappa shape index (κ3) is 4.45. The quantitative estimate of drug-likeness (QED) is 0.318. The van der Waals surface area contributed by atoms with Crippen molar-refractivity contribution < 1.29 is 19.3 Å². The zero-order valence-electron chi connectivity index (χ0n) is 20.7. The summed E-state index contributed by atoms with van der Waals surface area (Å²) in [6.07, 6.45) is 3.52. The molecule has 0 bridgehead atoms. The Labute approximate surface area is 210 Å². The van der Waals surface area contributed by atoms with Crippen LogP contribution in [0.4, 0.5) is 16.2 Å². The van der Waals surface area contributed by atoms with E-state index < -0.39 is 34.2 Å². The maximum absolute atomic E-state index is 14.2. The Kier molecular flexibility index (Phi) is 7.37. The predicted octanol–water partition coefficient (Wildman–Crippen LogP) is 4.23. The molecule has 0 aliphatic carbocycles. The largest absolute Gasteiger partial charge is 0.367 e. The van der Waals surface area contributed by atoms with E-state index in [1.54, 1.807) is 6.07 Å². The molecule has 1 N–H and O–H groups in total. The summed E-state index contributed by atoms with van der Waals surface area (Å²) in [7, 11) is 0. The van der Waals surface area contributed by atoms with E-state index in [1.807, 2.05) is 37.3 Å². The van der Waals surface area contributed by atoms with Gasteiger partial charge in [-0.05, 0) is 36.5 Å². The smallest absolute Gasteiger partial charge is 0.330 e. The Morgan fingerprint density at radius 1 is 1.06 bits per heavy atom. The molecule has 2 aliphatic heterocycles. The molecule has 2 aromatic rings. The molecule has 0 saturated carbocycles. The molecule has 2 aromatic carbocycles. The van der Waals surface area contributed by atoms with Crippen LogP contribution in [0.1, 0.15) is 50.7 Å². The fourth-order valence-corrected chi connectivity index (χ4v) is 5.48. The molecule has 2 atom stereocenters. The summed E-state index contributed by atoms with van der Waals surface area (Å²) in [5.41, 5.74) is 0.730. The molecule has 0 radical (unpaired) electrons. The third-order valence-electron chi connectivity index (χ3n) is 7.28. The minimum Gasteiger partial charge on any atom is -0.367 e. The molecule has 4 amide bonds. The molecule has 0 unspecified atom stereocenters. The molecule has 190 valence electrons. The van der Waals surface area contributed by atoms with Gasteiger partial charge in [0.2, 0.25) is 11.8 Å². The molecule has 2 aliphatic rings. The van der Waals surface area contributed by atoms with Crippen molar-refractivity contribution in [3.05, 3.63) is 69.8 Å². The normalized spacial score (nSPS) is 21.5. The van der Waals surface area contributed by atoms with Crippen LogP contribution in [0.15, 0.2) is 48.5 Å². The summed E-state index contributed by atoms with van der Waals surface area (Å²) < 4.78 is 0. The van der Waals surface area contributed by atoms with Crippen molar-refractivity contribution in [2.24, 2.45) is 5.41 Å². The van der Waals surface area contributed by atoms with E-state index in [4.69, 9.17) is 0 Å². The van der Waals surface area contributed by atoms with Crippen molar-refractivity contribution in [2.75, 3.05) is 18.0 Å². The van der Waals surface area contributed by atoms with E-state index in [0.29, 0.717) is 24.9 Å². The van der Waals surface area contributed by atoms with Crippen molar-refractivity contribution in [2.45, 2.75) is 58.4 Å². The average Bonchev–Trinajstić information content (AvgIpc) is 2.87. The predicted molar refractivity (Wildman–Crippen MR) is 136 cm³/mol. The first-order chi connectivity index (χ1) is 17.3. The number of non-ortho nitro benzene ring substituents is 1. The SMILES string of the molecule is CCCCN1c2ccc([N+](=O)[O-])cc2C[C@]2(C(=O)NC(=O)N(CCc3ccccc3)C2=O)[C@H]1CCC. The minimum absolute atomic E-state index is 0.0110. The first-order valence-electron chi connectivity index (χ1n) is 12.6. The second-order valence-corrected chi connectivity index (χ2v) is 9.52. The second-order valence-electron chi connectivity index (χ2n) is 9.52. The first-order valence-corrected chi connectivity index (χ1v) is 12.6. The lowest BCUT2D eigenvalue weighted by molar-refractivity contribution is -0.384. The third-order valence-corrected chi connectivity index (χ3v) is 7.28. The Balaban J connectivity index is 1.79. The van der Waals surface area contributed by atoms with E-state index in [1.165, 1.54) is 12.1 Å². The van der Waals surface area contributed by atoms with Gasteiger partial charge in [0.25, 0.3) is 5.69 Å². The lowest BCUT2D eigenvalue weighted by Crippen LogP contribution is -2.72. The van der Waals surface area contributed by atoms with Crippen LogP contribution in [0.2, 0.25) is 0 Å². The molecule has 0 aromatic heterocycles. The number of hydrogen-bond acceptors (Lipinski definition) is 6. The van der Waals surface area contributed by atoms with Crippen molar-refractivity contribution in [3.63, 3.8) is 0 Å². The number of anilines is 1. The van der Waals surface area contributed by atoms with E-state index in [9.17, 15) is 24.5 Å². The summed E-state index contributed by atoms with van der Waals surface area (Å²) in [6, 6.07) is 13.0. The van der Waals surface area contributed by atoms with Gasteiger partial charge in [-0.1, -0.05) is 57.0 Å². The number of unbranched alkanes of at least 4 members (excludes halogenated alkanes) is 1. The van der Waals surface area contributed by atoms with Crippen LogP contribution < -0.4 is 10.2 Å². The van der Waals surface area contributed by atoms with Crippen LogP contribution in [0.3, 0.4) is 0 Å². The van der Waals surface area contributed by atoms with E-state index >= 15 is 0 Å². The summed E-state index contributed by atoms with van der Waals surface area (Å²) >= 11 is 0. The Morgan fingerprint density at radius 2 is 1.81 bits per heavy atom. The molecule has 1 spiro atoms. The molecule has 4 rings (SSSR count). The van der Waals surface area contributed by atoms with Crippen molar-refractivity contribution in [3.8, 4) is 0 Å². The zero-order valence-corrected chi connectivity index (χ0v) is 20.7.